The second-order valence-corrected chi connectivity index (χ2v) is 4.73. The fourth-order valence-corrected chi connectivity index (χ4v) is 2.21. The quantitative estimate of drug-likeness (QED) is 0.687. The van der Waals surface area contributed by atoms with Gasteiger partial charge in [-0.15, -0.1) is 0 Å². The van der Waals surface area contributed by atoms with Gasteiger partial charge in [0.2, 0.25) is 0 Å². The minimum atomic E-state index is -0.540. The summed E-state index contributed by atoms with van der Waals surface area (Å²) >= 11 is 3.09. The van der Waals surface area contributed by atoms with Gasteiger partial charge in [0.15, 0.2) is 0 Å². The van der Waals surface area contributed by atoms with E-state index in [4.69, 9.17) is 0 Å². The molecular weight excluding hydrogens is 326 g/mol. The number of hydrogen-bond acceptors (Lipinski definition) is 4. The van der Waals surface area contributed by atoms with Crippen LogP contribution in [0.1, 0.15) is 15.9 Å². The van der Waals surface area contributed by atoms with Crippen LogP contribution in [0.3, 0.4) is 0 Å². The van der Waals surface area contributed by atoms with Gasteiger partial charge in [0.05, 0.1) is 10.5 Å². The first-order chi connectivity index (χ1) is 9.59. The van der Waals surface area contributed by atoms with E-state index in [0.29, 0.717) is 6.54 Å². The van der Waals surface area contributed by atoms with E-state index in [1.807, 2.05) is 6.07 Å². The number of nitro groups is 1. The highest BCUT2D eigenvalue weighted by atomic mass is 79.9. The summed E-state index contributed by atoms with van der Waals surface area (Å²) < 4.78 is 0.175. The zero-order valence-electron chi connectivity index (χ0n) is 10.2. The van der Waals surface area contributed by atoms with Crippen LogP contribution in [-0.2, 0) is 6.54 Å². The number of nitrogens with one attached hydrogen (secondary N) is 1. The monoisotopic (exact) mass is 335 g/mol. The molecule has 2 rings (SSSR count). The summed E-state index contributed by atoms with van der Waals surface area (Å²) in [6, 6.07) is 7.93. The number of carbonyl (C=O) groups excluding carboxylic acids is 1. The van der Waals surface area contributed by atoms with Gasteiger partial charge in [0.1, 0.15) is 4.47 Å². The molecule has 0 aliphatic rings. The molecule has 0 fully saturated rings. The Labute approximate surface area is 123 Å². The molecule has 1 aromatic heterocycles. The van der Waals surface area contributed by atoms with Crippen molar-refractivity contribution in [3.63, 3.8) is 0 Å². The summed E-state index contributed by atoms with van der Waals surface area (Å²) in [5.41, 5.74) is 0.935. The summed E-state index contributed by atoms with van der Waals surface area (Å²) in [5.74, 6) is -0.385. The number of nitro benzene ring substituents is 1. The van der Waals surface area contributed by atoms with Gasteiger partial charge in [0, 0.05) is 25.0 Å². The number of rotatable bonds is 4. The highest BCUT2D eigenvalue weighted by molar-refractivity contribution is 9.10. The Morgan fingerprint density at radius 3 is 2.80 bits per heavy atom. The minimum Gasteiger partial charge on any atom is -0.348 e. The summed E-state index contributed by atoms with van der Waals surface area (Å²) in [4.78, 5) is 26.2. The lowest BCUT2D eigenvalue weighted by atomic mass is 10.2. The Morgan fingerprint density at radius 2 is 2.15 bits per heavy atom. The van der Waals surface area contributed by atoms with Crippen molar-refractivity contribution in [3.8, 4) is 0 Å². The zero-order chi connectivity index (χ0) is 14.5. The third-order valence-electron chi connectivity index (χ3n) is 2.60. The van der Waals surface area contributed by atoms with Crippen molar-refractivity contribution in [2.45, 2.75) is 6.54 Å². The van der Waals surface area contributed by atoms with Crippen molar-refractivity contribution in [1.82, 2.24) is 10.3 Å². The van der Waals surface area contributed by atoms with E-state index >= 15 is 0 Å². The molecule has 0 aliphatic heterocycles. The lowest BCUT2D eigenvalue weighted by Gasteiger charge is -2.07. The fraction of sp³-hybridized carbons (Fsp3) is 0.0769. The minimum absolute atomic E-state index is 0.140. The average molecular weight is 336 g/mol. The molecule has 1 amide bonds. The molecule has 0 radical (unpaired) electrons. The molecule has 0 saturated heterocycles. The maximum absolute atomic E-state index is 12.0. The van der Waals surface area contributed by atoms with Gasteiger partial charge in [-0.2, -0.15) is 0 Å². The predicted octanol–water partition coefficient (Wildman–Crippen LogP) is 2.68. The molecule has 0 saturated carbocycles. The summed E-state index contributed by atoms with van der Waals surface area (Å²) in [7, 11) is 0. The highest BCUT2D eigenvalue weighted by Gasteiger charge is 2.19. The van der Waals surface area contributed by atoms with Gasteiger partial charge in [-0.05, 0) is 33.6 Å². The van der Waals surface area contributed by atoms with Crippen LogP contribution >= 0.6 is 15.9 Å². The molecule has 0 spiro atoms. The zero-order valence-corrected chi connectivity index (χ0v) is 11.8. The van der Waals surface area contributed by atoms with E-state index in [9.17, 15) is 14.9 Å². The number of benzene rings is 1. The van der Waals surface area contributed by atoms with Gasteiger partial charge >= 0.3 is 0 Å². The molecule has 7 heteroatoms. The molecule has 20 heavy (non-hydrogen) atoms. The number of pyridine rings is 1. The molecule has 2 aromatic rings. The Balaban J connectivity index is 2.14. The lowest BCUT2D eigenvalue weighted by Crippen LogP contribution is -2.23. The van der Waals surface area contributed by atoms with Crippen LogP contribution in [-0.4, -0.2) is 15.8 Å². The molecular formula is C13H10BrN3O3. The molecule has 0 unspecified atom stereocenters. The number of amides is 1. The van der Waals surface area contributed by atoms with Crippen molar-refractivity contribution in [1.29, 1.82) is 0 Å². The predicted molar refractivity (Wildman–Crippen MR) is 76.2 cm³/mol. The van der Waals surface area contributed by atoms with Crippen LogP contribution in [0.2, 0.25) is 0 Å². The molecule has 0 bridgehead atoms. The van der Waals surface area contributed by atoms with Gasteiger partial charge in [-0.25, -0.2) is 0 Å². The van der Waals surface area contributed by atoms with Crippen molar-refractivity contribution >= 4 is 27.5 Å². The normalized spacial score (nSPS) is 10.1. The summed E-state index contributed by atoms with van der Waals surface area (Å²) in [6.07, 6.45) is 3.28. The summed E-state index contributed by atoms with van der Waals surface area (Å²) in [6.45, 7) is 0.307. The van der Waals surface area contributed by atoms with Crippen molar-refractivity contribution in [3.05, 3.63) is 68.4 Å². The van der Waals surface area contributed by atoms with E-state index in [-0.39, 0.29) is 21.6 Å². The van der Waals surface area contributed by atoms with E-state index in [1.165, 1.54) is 18.2 Å². The van der Waals surface area contributed by atoms with E-state index in [2.05, 4.69) is 26.2 Å². The van der Waals surface area contributed by atoms with Crippen LogP contribution in [0.15, 0.2) is 47.2 Å². The van der Waals surface area contributed by atoms with Gasteiger partial charge in [-0.1, -0.05) is 12.1 Å². The Hall–Kier alpha value is -2.28. The maximum Gasteiger partial charge on any atom is 0.284 e. The molecule has 6 nitrogen and oxygen atoms in total. The third kappa shape index (κ3) is 3.18. The second-order valence-electron chi connectivity index (χ2n) is 3.94. The SMILES string of the molecule is O=C(NCc1cccnc1)c1cccc([N+](=O)[O-])c1Br. The molecule has 1 aromatic carbocycles. The summed E-state index contributed by atoms with van der Waals surface area (Å²) in [5, 5.41) is 13.5. The first-order valence-electron chi connectivity index (χ1n) is 5.69. The van der Waals surface area contributed by atoms with Crippen LogP contribution in [0.5, 0.6) is 0 Å². The van der Waals surface area contributed by atoms with Crippen molar-refractivity contribution in [2.24, 2.45) is 0 Å². The first kappa shape index (κ1) is 14.1. The number of hydrogen-bond donors (Lipinski definition) is 1. The van der Waals surface area contributed by atoms with E-state index in [0.717, 1.165) is 5.56 Å². The van der Waals surface area contributed by atoms with Crippen molar-refractivity contribution < 1.29 is 9.72 Å². The Bertz CT molecular complexity index is 647. The largest absolute Gasteiger partial charge is 0.348 e. The van der Waals surface area contributed by atoms with E-state index in [1.54, 1.807) is 18.5 Å². The number of aromatic nitrogens is 1. The number of nitrogens with zero attached hydrogens (tertiary/aromatic N) is 2. The third-order valence-corrected chi connectivity index (χ3v) is 3.43. The number of halogens is 1. The Morgan fingerprint density at radius 1 is 1.35 bits per heavy atom. The lowest BCUT2D eigenvalue weighted by molar-refractivity contribution is -0.385. The van der Waals surface area contributed by atoms with Gasteiger partial charge in [-0.3, -0.25) is 19.9 Å². The standard InChI is InChI=1S/C13H10BrN3O3/c14-12-10(4-1-5-11(12)17(19)20)13(18)16-8-9-3-2-6-15-7-9/h1-7H,8H2,(H,16,18). The fourth-order valence-electron chi connectivity index (χ4n) is 1.62. The van der Waals surface area contributed by atoms with E-state index < -0.39 is 4.92 Å². The van der Waals surface area contributed by atoms with Crippen LogP contribution in [0.25, 0.3) is 0 Å². The molecule has 1 heterocycles. The van der Waals surface area contributed by atoms with Crippen LogP contribution < -0.4 is 5.32 Å². The molecule has 1 N–H and O–H groups in total. The first-order valence-corrected chi connectivity index (χ1v) is 6.49. The smallest absolute Gasteiger partial charge is 0.284 e. The molecule has 0 atom stereocenters. The van der Waals surface area contributed by atoms with Crippen molar-refractivity contribution in [2.75, 3.05) is 0 Å². The average Bonchev–Trinajstić information content (AvgIpc) is 2.46. The molecule has 0 aliphatic carbocycles. The van der Waals surface area contributed by atoms with Gasteiger partial charge in [0.25, 0.3) is 11.6 Å². The highest BCUT2D eigenvalue weighted by Crippen LogP contribution is 2.28. The second kappa shape index (κ2) is 6.25. The topological polar surface area (TPSA) is 85.1 Å². The van der Waals surface area contributed by atoms with Gasteiger partial charge < -0.3 is 5.32 Å². The Kier molecular flexibility index (Phi) is 4.41. The maximum atomic E-state index is 12.0. The van der Waals surface area contributed by atoms with Crippen LogP contribution in [0.4, 0.5) is 5.69 Å². The number of carbonyl (C=O) groups is 1. The van der Waals surface area contributed by atoms with Crippen LogP contribution in [0, 0.1) is 10.1 Å². The molecule has 102 valence electrons.